The molecule has 6 nitrogen and oxygen atoms in total. The molecule has 0 bridgehead atoms. The highest BCUT2D eigenvalue weighted by Crippen LogP contribution is 2.38. The Morgan fingerprint density at radius 1 is 0.923 bits per heavy atom. The van der Waals surface area contributed by atoms with Gasteiger partial charge in [0, 0.05) is 50.3 Å². The number of pyridine rings is 1. The fourth-order valence-electron chi connectivity index (χ4n) is 3.38. The van der Waals surface area contributed by atoms with E-state index in [9.17, 15) is 0 Å². The Balaban J connectivity index is 1.66. The topological polar surface area (TPSA) is 47.1 Å². The maximum Gasteiger partial charge on any atom is 0.203 e. The summed E-state index contributed by atoms with van der Waals surface area (Å²) < 4.78 is 16.3. The molecule has 3 rings (SSSR count). The van der Waals surface area contributed by atoms with E-state index in [0.29, 0.717) is 17.2 Å². The Kier molecular flexibility index (Phi) is 5.83. The van der Waals surface area contributed by atoms with E-state index in [2.05, 4.69) is 26.9 Å². The van der Waals surface area contributed by atoms with Crippen LogP contribution in [-0.4, -0.2) is 57.4 Å². The number of piperazine rings is 1. The Hall–Kier alpha value is -2.47. The van der Waals surface area contributed by atoms with Gasteiger partial charge < -0.3 is 19.1 Å². The molecular weight excluding hydrogens is 330 g/mol. The number of anilines is 1. The molecule has 2 heterocycles. The minimum atomic E-state index is 0.636. The van der Waals surface area contributed by atoms with Crippen molar-refractivity contribution in [1.82, 2.24) is 9.88 Å². The van der Waals surface area contributed by atoms with Gasteiger partial charge in [-0.1, -0.05) is 0 Å². The Labute approximate surface area is 155 Å². The molecule has 140 valence electrons. The molecule has 1 aromatic heterocycles. The predicted molar refractivity (Wildman–Crippen MR) is 103 cm³/mol. The average molecular weight is 357 g/mol. The van der Waals surface area contributed by atoms with Gasteiger partial charge in [0.1, 0.15) is 0 Å². The van der Waals surface area contributed by atoms with Crippen molar-refractivity contribution in [2.45, 2.75) is 13.5 Å². The molecule has 1 fully saturated rings. The number of nitrogens with zero attached hydrogens (tertiary/aromatic N) is 3. The van der Waals surface area contributed by atoms with E-state index in [0.717, 1.165) is 44.0 Å². The van der Waals surface area contributed by atoms with E-state index in [1.54, 1.807) is 21.3 Å². The van der Waals surface area contributed by atoms with Crippen LogP contribution < -0.4 is 19.1 Å². The molecule has 1 aliphatic rings. The number of aryl methyl sites for hydroxylation is 1. The monoisotopic (exact) mass is 357 g/mol. The molecule has 0 unspecified atom stereocenters. The Bertz CT molecular complexity index is 718. The number of methoxy groups -OCH3 is 3. The van der Waals surface area contributed by atoms with Gasteiger partial charge in [-0.15, -0.1) is 0 Å². The second-order valence-electron chi connectivity index (χ2n) is 6.45. The average Bonchev–Trinajstić information content (AvgIpc) is 2.67. The van der Waals surface area contributed by atoms with E-state index >= 15 is 0 Å². The lowest BCUT2D eigenvalue weighted by molar-refractivity contribution is 0.248. The van der Waals surface area contributed by atoms with Crippen molar-refractivity contribution in [2.24, 2.45) is 0 Å². The molecular formula is C20H27N3O3. The molecule has 0 amide bonds. The first kappa shape index (κ1) is 18.3. The third-order valence-electron chi connectivity index (χ3n) is 4.75. The number of aromatic nitrogens is 1. The van der Waals surface area contributed by atoms with Crippen LogP contribution in [0, 0.1) is 6.92 Å². The minimum absolute atomic E-state index is 0.636. The number of rotatable bonds is 6. The summed E-state index contributed by atoms with van der Waals surface area (Å²) in [4.78, 5) is 9.15. The number of hydrogen-bond acceptors (Lipinski definition) is 6. The van der Waals surface area contributed by atoms with Gasteiger partial charge in [-0.2, -0.15) is 0 Å². The molecule has 0 N–H and O–H groups in total. The highest BCUT2D eigenvalue weighted by atomic mass is 16.5. The van der Waals surface area contributed by atoms with Gasteiger partial charge in [0.2, 0.25) is 5.75 Å². The Morgan fingerprint density at radius 3 is 2.12 bits per heavy atom. The van der Waals surface area contributed by atoms with Crippen LogP contribution in [0.1, 0.15) is 11.3 Å². The molecule has 1 saturated heterocycles. The highest BCUT2D eigenvalue weighted by Gasteiger charge is 2.19. The maximum atomic E-state index is 5.46. The largest absolute Gasteiger partial charge is 0.493 e. The Morgan fingerprint density at radius 2 is 1.58 bits per heavy atom. The van der Waals surface area contributed by atoms with Crippen molar-refractivity contribution in [3.05, 3.63) is 41.7 Å². The lowest BCUT2D eigenvalue weighted by Crippen LogP contribution is -2.46. The van der Waals surface area contributed by atoms with Crippen LogP contribution >= 0.6 is 0 Å². The second kappa shape index (κ2) is 8.27. The summed E-state index contributed by atoms with van der Waals surface area (Å²) in [6.45, 7) is 6.93. The summed E-state index contributed by atoms with van der Waals surface area (Å²) in [6.07, 6.45) is 1.88. The molecule has 1 aromatic carbocycles. The first-order valence-corrected chi connectivity index (χ1v) is 8.83. The summed E-state index contributed by atoms with van der Waals surface area (Å²) in [5.74, 6) is 2.04. The summed E-state index contributed by atoms with van der Waals surface area (Å²) in [7, 11) is 4.92. The van der Waals surface area contributed by atoms with Gasteiger partial charge in [-0.25, -0.2) is 0 Å². The summed E-state index contributed by atoms with van der Waals surface area (Å²) in [5.41, 5.74) is 3.47. The maximum absolute atomic E-state index is 5.46. The third kappa shape index (κ3) is 4.02. The zero-order chi connectivity index (χ0) is 18.5. The molecule has 0 radical (unpaired) electrons. The zero-order valence-electron chi connectivity index (χ0n) is 16.0. The van der Waals surface area contributed by atoms with E-state index in [4.69, 9.17) is 14.2 Å². The molecule has 2 aromatic rings. The number of hydrogen-bond donors (Lipinski definition) is 0. The molecule has 0 aliphatic carbocycles. The van der Waals surface area contributed by atoms with E-state index < -0.39 is 0 Å². The normalized spacial score (nSPS) is 15.0. The van der Waals surface area contributed by atoms with Gasteiger partial charge in [0.15, 0.2) is 11.5 Å². The van der Waals surface area contributed by atoms with Gasteiger partial charge in [-0.3, -0.25) is 9.88 Å². The van der Waals surface area contributed by atoms with E-state index in [1.165, 1.54) is 5.69 Å². The minimum Gasteiger partial charge on any atom is -0.493 e. The second-order valence-corrected chi connectivity index (χ2v) is 6.45. The molecule has 1 aliphatic heterocycles. The molecule has 6 heteroatoms. The molecule has 0 atom stereocenters. The van der Waals surface area contributed by atoms with Crippen molar-refractivity contribution < 1.29 is 14.2 Å². The summed E-state index contributed by atoms with van der Waals surface area (Å²) >= 11 is 0. The van der Waals surface area contributed by atoms with Gasteiger partial charge in [0.25, 0.3) is 0 Å². The quantitative estimate of drug-likeness (QED) is 0.792. The van der Waals surface area contributed by atoms with Crippen molar-refractivity contribution in [2.75, 3.05) is 52.4 Å². The first-order valence-electron chi connectivity index (χ1n) is 8.83. The number of benzene rings is 1. The van der Waals surface area contributed by atoms with E-state index in [1.807, 2.05) is 25.3 Å². The van der Waals surface area contributed by atoms with Crippen LogP contribution in [-0.2, 0) is 6.54 Å². The molecule has 26 heavy (non-hydrogen) atoms. The zero-order valence-corrected chi connectivity index (χ0v) is 16.0. The molecule has 0 saturated carbocycles. The fourth-order valence-corrected chi connectivity index (χ4v) is 3.38. The van der Waals surface area contributed by atoms with Gasteiger partial charge in [0.05, 0.1) is 21.3 Å². The third-order valence-corrected chi connectivity index (χ3v) is 4.75. The van der Waals surface area contributed by atoms with Crippen molar-refractivity contribution >= 4 is 5.69 Å². The van der Waals surface area contributed by atoms with Crippen molar-refractivity contribution in [3.8, 4) is 17.2 Å². The fraction of sp³-hybridized carbons (Fsp3) is 0.450. The van der Waals surface area contributed by atoms with Crippen LogP contribution in [0.2, 0.25) is 0 Å². The van der Waals surface area contributed by atoms with Gasteiger partial charge >= 0.3 is 0 Å². The lowest BCUT2D eigenvalue weighted by Gasteiger charge is -2.36. The predicted octanol–water partition coefficient (Wildman–Crippen LogP) is 2.74. The van der Waals surface area contributed by atoms with Crippen LogP contribution in [0.5, 0.6) is 17.2 Å². The lowest BCUT2D eigenvalue weighted by atomic mass is 10.1. The standard InChI is InChI=1S/C20H27N3O3/c1-15-11-17(5-6-21-15)23-9-7-22(8-10-23)14-16-12-18(24-2)20(26-4)19(13-16)25-3/h5-6,11-13H,7-10,14H2,1-4H3. The van der Waals surface area contributed by atoms with E-state index in [-0.39, 0.29) is 0 Å². The molecule has 0 spiro atoms. The summed E-state index contributed by atoms with van der Waals surface area (Å²) in [5, 5.41) is 0. The van der Waals surface area contributed by atoms with Crippen molar-refractivity contribution in [3.63, 3.8) is 0 Å². The van der Waals surface area contributed by atoms with Crippen molar-refractivity contribution in [1.29, 1.82) is 0 Å². The smallest absolute Gasteiger partial charge is 0.203 e. The van der Waals surface area contributed by atoms with Crippen LogP contribution in [0.15, 0.2) is 30.5 Å². The van der Waals surface area contributed by atoms with Crippen LogP contribution in [0.3, 0.4) is 0 Å². The first-order chi connectivity index (χ1) is 12.6. The van der Waals surface area contributed by atoms with Crippen LogP contribution in [0.25, 0.3) is 0 Å². The summed E-state index contributed by atoms with van der Waals surface area (Å²) in [6, 6.07) is 8.29. The van der Waals surface area contributed by atoms with Crippen LogP contribution in [0.4, 0.5) is 5.69 Å². The highest BCUT2D eigenvalue weighted by molar-refractivity contribution is 5.54. The number of ether oxygens (including phenoxy) is 3. The van der Waals surface area contributed by atoms with Gasteiger partial charge in [-0.05, 0) is 36.8 Å². The SMILES string of the molecule is COc1cc(CN2CCN(c3ccnc(C)c3)CC2)cc(OC)c1OC.